The number of anilines is 1. The minimum Gasteiger partial charge on any atom is -0.355 e. The van der Waals surface area contributed by atoms with E-state index in [1.165, 1.54) is 11.3 Å². The highest BCUT2D eigenvalue weighted by atomic mass is 16.2. The Balaban J connectivity index is 1.57. The van der Waals surface area contributed by atoms with Crippen molar-refractivity contribution in [3.05, 3.63) is 41.6 Å². The molecule has 0 atom stereocenters. The van der Waals surface area contributed by atoms with Crippen molar-refractivity contribution >= 4 is 17.4 Å². The van der Waals surface area contributed by atoms with Crippen molar-refractivity contribution in [2.24, 2.45) is 0 Å². The lowest BCUT2D eigenvalue weighted by Gasteiger charge is -2.33. The molecule has 2 aliphatic heterocycles. The van der Waals surface area contributed by atoms with Crippen LogP contribution in [0.2, 0.25) is 0 Å². The fourth-order valence-electron chi connectivity index (χ4n) is 4.24. The number of nitrogens with zero attached hydrogens (tertiary/aromatic N) is 3. The van der Waals surface area contributed by atoms with Crippen LogP contribution < -0.4 is 10.2 Å². The zero-order valence-corrected chi connectivity index (χ0v) is 17.5. The number of rotatable bonds is 6. The average molecular weight is 385 g/mol. The molecule has 0 spiro atoms. The standard InChI is InChI=1S/C22H32N4O2/c1-5-23-21(28)16-26-12-10-25(11-13-26)15-17(27)14-20-22(2,3)18-8-6-7-9-19(18)24(20)4/h6-9,14H,5,10-13,15-16H2,1-4H3,(H,23,28)/b20-14+. The third kappa shape index (κ3) is 4.28. The SMILES string of the molecule is CCNC(=O)CN1CCN(CC(=O)/C=C2/N(C)c3ccccc3C2(C)C)CC1. The zero-order chi connectivity index (χ0) is 20.3. The van der Waals surface area contributed by atoms with Crippen LogP contribution in [-0.4, -0.2) is 74.4 Å². The second kappa shape index (κ2) is 8.45. The maximum absolute atomic E-state index is 12.8. The van der Waals surface area contributed by atoms with E-state index >= 15 is 0 Å². The number of nitrogens with one attached hydrogen (secondary N) is 1. The summed E-state index contributed by atoms with van der Waals surface area (Å²) in [5.41, 5.74) is 3.31. The number of ketones is 1. The summed E-state index contributed by atoms with van der Waals surface area (Å²) >= 11 is 0. The highest BCUT2D eigenvalue weighted by molar-refractivity contribution is 5.94. The Morgan fingerprint density at radius 3 is 2.29 bits per heavy atom. The third-order valence-electron chi connectivity index (χ3n) is 5.82. The number of carbonyl (C=O) groups is 2. The molecule has 1 N–H and O–H groups in total. The molecule has 1 aromatic rings. The second-order valence-corrected chi connectivity index (χ2v) is 8.20. The number of likely N-dealkylation sites (N-methyl/N-ethyl adjacent to an activating group) is 2. The fraction of sp³-hybridized carbons (Fsp3) is 0.545. The number of benzene rings is 1. The number of amides is 1. The molecule has 1 aromatic carbocycles. The van der Waals surface area contributed by atoms with Crippen LogP contribution in [0.1, 0.15) is 26.3 Å². The minimum atomic E-state index is -0.174. The number of piperazine rings is 1. The first kappa shape index (κ1) is 20.6. The number of hydrogen-bond acceptors (Lipinski definition) is 5. The molecule has 6 heteroatoms. The van der Waals surface area contributed by atoms with Gasteiger partial charge in [-0.15, -0.1) is 0 Å². The quantitative estimate of drug-likeness (QED) is 0.756. The molecule has 152 valence electrons. The van der Waals surface area contributed by atoms with Gasteiger partial charge in [0, 0.05) is 62.6 Å². The smallest absolute Gasteiger partial charge is 0.234 e. The summed E-state index contributed by atoms with van der Waals surface area (Å²) in [6.45, 7) is 11.1. The van der Waals surface area contributed by atoms with Crippen molar-refractivity contribution < 1.29 is 9.59 Å². The van der Waals surface area contributed by atoms with Gasteiger partial charge in [0.1, 0.15) is 0 Å². The third-order valence-corrected chi connectivity index (χ3v) is 5.82. The monoisotopic (exact) mass is 384 g/mol. The van der Waals surface area contributed by atoms with Gasteiger partial charge >= 0.3 is 0 Å². The molecule has 0 saturated carbocycles. The predicted molar refractivity (Wildman–Crippen MR) is 113 cm³/mol. The van der Waals surface area contributed by atoms with Gasteiger partial charge in [-0.25, -0.2) is 0 Å². The Morgan fingerprint density at radius 1 is 1.07 bits per heavy atom. The highest BCUT2D eigenvalue weighted by Gasteiger charge is 2.38. The Bertz CT molecular complexity index is 764. The molecular weight excluding hydrogens is 352 g/mol. The van der Waals surface area contributed by atoms with Crippen LogP contribution in [0.5, 0.6) is 0 Å². The Morgan fingerprint density at radius 2 is 1.68 bits per heavy atom. The summed E-state index contributed by atoms with van der Waals surface area (Å²) in [4.78, 5) is 31.0. The molecular formula is C22H32N4O2. The molecule has 2 aliphatic rings. The average Bonchev–Trinajstić information content (AvgIpc) is 2.85. The number of para-hydroxylation sites is 1. The molecule has 0 aromatic heterocycles. The second-order valence-electron chi connectivity index (χ2n) is 8.20. The largest absolute Gasteiger partial charge is 0.355 e. The molecule has 1 fully saturated rings. The number of allylic oxidation sites excluding steroid dienone is 1. The van der Waals surface area contributed by atoms with Crippen molar-refractivity contribution in [1.29, 1.82) is 0 Å². The summed E-state index contributed by atoms with van der Waals surface area (Å²) < 4.78 is 0. The molecule has 0 aliphatic carbocycles. The van der Waals surface area contributed by atoms with E-state index in [2.05, 4.69) is 52.1 Å². The van der Waals surface area contributed by atoms with Crippen LogP contribution in [0, 0.1) is 0 Å². The Kier molecular flexibility index (Phi) is 6.20. The molecule has 3 rings (SSSR count). The van der Waals surface area contributed by atoms with Crippen LogP contribution in [0.3, 0.4) is 0 Å². The van der Waals surface area contributed by atoms with Gasteiger partial charge in [-0.1, -0.05) is 32.0 Å². The van der Waals surface area contributed by atoms with Gasteiger partial charge in [-0.2, -0.15) is 0 Å². The van der Waals surface area contributed by atoms with Gasteiger partial charge < -0.3 is 10.2 Å². The number of carbonyl (C=O) groups excluding carboxylic acids is 2. The fourth-order valence-corrected chi connectivity index (χ4v) is 4.24. The van der Waals surface area contributed by atoms with E-state index in [9.17, 15) is 9.59 Å². The van der Waals surface area contributed by atoms with Gasteiger partial charge in [0.2, 0.25) is 5.91 Å². The number of hydrogen-bond donors (Lipinski definition) is 1. The maximum atomic E-state index is 12.8. The maximum Gasteiger partial charge on any atom is 0.234 e. The molecule has 28 heavy (non-hydrogen) atoms. The van der Waals surface area contributed by atoms with Crippen LogP contribution in [0.25, 0.3) is 0 Å². The van der Waals surface area contributed by atoms with E-state index < -0.39 is 0 Å². The van der Waals surface area contributed by atoms with E-state index in [0.717, 1.165) is 31.9 Å². The Labute approximate surface area is 168 Å². The van der Waals surface area contributed by atoms with Crippen LogP contribution in [-0.2, 0) is 15.0 Å². The molecule has 1 amide bonds. The first-order valence-electron chi connectivity index (χ1n) is 10.1. The zero-order valence-electron chi connectivity index (χ0n) is 17.5. The van der Waals surface area contributed by atoms with Crippen molar-refractivity contribution in [2.45, 2.75) is 26.2 Å². The van der Waals surface area contributed by atoms with E-state index in [4.69, 9.17) is 0 Å². The molecule has 0 radical (unpaired) electrons. The van der Waals surface area contributed by atoms with E-state index in [0.29, 0.717) is 19.6 Å². The van der Waals surface area contributed by atoms with Gasteiger partial charge in [-0.3, -0.25) is 19.4 Å². The predicted octanol–water partition coefficient (Wildman–Crippen LogP) is 1.62. The van der Waals surface area contributed by atoms with Gasteiger partial charge in [-0.05, 0) is 18.6 Å². The van der Waals surface area contributed by atoms with Gasteiger partial charge in [0.05, 0.1) is 13.1 Å². The minimum absolute atomic E-state index is 0.0721. The van der Waals surface area contributed by atoms with E-state index in [1.54, 1.807) is 0 Å². The van der Waals surface area contributed by atoms with E-state index in [1.807, 2.05) is 26.1 Å². The van der Waals surface area contributed by atoms with E-state index in [-0.39, 0.29) is 17.1 Å². The van der Waals surface area contributed by atoms with Gasteiger partial charge in [0.25, 0.3) is 0 Å². The topological polar surface area (TPSA) is 55.9 Å². The Hall–Kier alpha value is -2.18. The van der Waals surface area contributed by atoms with Crippen LogP contribution >= 0.6 is 0 Å². The summed E-state index contributed by atoms with van der Waals surface area (Å²) in [7, 11) is 2.03. The van der Waals surface area contributed by atoms with Crippen LogP contribution in [0.15, 0.2) is 36.0 Å². The summed E-state index contributed by atoms with van der Waals surface area (Å²) in [6, 6.07) is 8.34. The lowest BCUT2D eigenvalue weighted by molar-refractivity contribution is -0.123. The first-order chi connectivity index (χ1) is 13.3. The highest BCUT2D eigenvalue weighted by Crippen LogP contribution is 2.46. The molecule has 2 heterocycles. The normalized spacial score (nSPS) is 21.0. The summed E-state index contributed by atoms with van der Waals surface area (Å²) in [5, 5.41) is 2.84. The molecule has 0 unspecified atom stereocenters. The lowest BCUT2D eigenvalue weighted by atomic mass is 9.83. The lowest BCUT2D eigenvalue weighted by Crippen LogP contribution is -2.50. The molecule has 0 bridgehead atoms. The molecule has 1 saturated heterocycles. The first-order valence-corrected chi connectivity index (χ1v) is 10.1. The van der Waals surface area contributed by atoms with Crippen LogP contribution in [0.4, 0.5) is 5.69 Å². The number of fused-ring (bicyclic) bond motifs is 1. The van der Waals surface area contributed by atoms with Gasteiger partial charge in [0.15, 0.2) is 5.78 Å². The summed E-state index contributed by atoms with van der Waals surface area (Å²) in [6.07, 6.45) is 1.82. The summed E-state index contributed by atoms with van der Waals surface area (Å²) in [5.74, 6) is 0.211. The molecule has 6 nitrogen and oxygen atoms in total. The van der Waals surface area contributed by atoms with Crippen molar-refractivity contribution in [3.8, 4) is 0 Å². The van der Waals surface area contributed by atoms with Crippen molar-refractivity contribution in [3.63, 3.8) is 0 Å². The van der Waals surface area contributed by atoms with Crippen molar-refractivity contribution in [1.82, 2.24) is 15.1 Å². The van der Waals surface area contributed by atoms with Crippen molar-refractivity contribution in [2.75, 3.05) is 57.8 Å².